The lowest BCUT2D eigenvalue weighted by Gasteiger charge is -2.24. The fourth-order valence-corrected chi connectivity index (χ4v) is 2.46. The topological polar surface area (TPSA) is 0 Å². The maximum atomic E-state index is 4.09. The fourth-order valence-electron chi connectivity index (χ4n) is 2.46. The Kier molecular flexibility index (Phi) is 1.71. The van der Waals surface area contributed by atoms with Crippen molar-refractivity contribution in [1.29, 1.82) is 0 Å². The molecule has 0 aromatic heterocycles. The average molecular weight is 160 g/mol. The van der Waals surface area contributed by atoms with Gasteiger partial charge in [0.05, 0.1) is 0 Å². The van der Waals surface area contributed by atoms with Gasteiger partial charge in [-0.3, -0.25) is 0 Å². The van der Waals surface area contributed by atoms with Crippen LogP contribution in [0.15, 0.2) is 35.5 Å². The van der Waals surface area contributed by atoms with Gasteiger partial charge in [-0.1, -0.05) is 35.5 Å². The summed E-state index contributed by atoms with van der Waals surface area (Å²) in [6.45, 7) is 8.59. The molecule has 1 fully saturated rings. The van der Waals surface area contributed by atoms with E-state index >= 15 is 0 Å². The molecule has 0 heterocycles. The number of fused-ring (bicyclic) bond motifs is 1. The molecule has 2 aliphatic carbocycles. The molecule has 0 nitrogen and oxygen atoms in total. The third-order valence-electron chi connectivity index (χ3n) is 3.28. The Labute approximate surface area is 74.7 Å². The van der Waals surface area contributed by atoms with Gasteiger partial charge in [0.2, 0.25) is 0 Å². The van der Waals surface area contributed by atoms with E-state index in [9.17, 15) is 0 Å². The largest absolute Gasteiger partial charge is 0.0998 e. The molecule has 0 aliphatic heterocycles. The summed E-state index contributed by atoms with van der Waals surface area (Å²) in [6.07, 6.45) is 6.99. The molecule has 64 valence electrons. The van der Waals surface area contributed by atoms with Crippen LogP contribution in [-0.2, 0) is 0 Å². The lowest BCUT2D eigenvalue weighted by atomic mass is 9.81. The van der Waals surface area contributed by atoms with Crippen molar-refractivity contribution in [3.05, 3.63) is 35.5 Å². The lowest BCUT2D eigenvalue weighted by Crippen LogP contribution is -2.13. The van der Waals surface area contributed by atoms with Crippen molar-refractivity contribution >= 4 is 0 Å². The predicted octanol–water partition coefficient (Wildman–Crippen LogP) is 3.48. The molecule has 0 saturated heterocycles. The van der Waals surface area contributed by atoms with E-state index in [1.807, 2.05) is 0 Å². The smallest absolute Gasteiger partial charge is 0.00970 e. The Morgan fingerprint density at radius 3 is 1.92 bits per heavy atom. The van der Waals surface area contributed by atoms with Gasteiger partial charge in [0.1, 0.15) is 0 Å². The maximum absolute atomic E-state index is 4.09. The highest BCUT2D eigenvalue weighted by Crippen LogP contribution is 2.45. The maximum Gasteiger partial charge on any atom is -0.00970 e. The predicted molar refractivity (Wildman–Crippen MR) is 52.9 cm³/mol. The van der Waals surface area contributed by atoms with Crippen LogP contribution in [0.3, 0.4) is 0 Å². The van der Waals surface area contributed by atoms with E-state index in [1.165, 1.54) is 18.4 Å². The zero-order valence-corrected chi connectivity index (χ0v) is 7.93. The SMILES string of the molecule is C=C1CC2C(C)=CC=C(C)C2C1. The van der Waals surface area contributed by atoms with Gasteiger partial charge in [0.25, 0.3) is 0 Å². The molecule has 0 N–H and O–H groups in total. The summed E-state index contributed by atoms with van der Waals surface area (Å²) < 4.78 is 0. The van der Waals surface area contributed by atoms with Gasteiger partial charge >= 0.3 is 0 Å². The molecule has 2 atom stereocenters. The minimum Gasteiger partial charge on any atom is -0.0998 e. The highest BCUT2D eigenvalue weighted by molar-refractivity contribution is 5.32. The van der Waals surface area contributed by atoms with Crippen LogP contribution in [0, 0.1) is 11.8 Å². The summed E-state index contributed by atoms with van der Waals surface area (Å²) in [6, 6.07) is 0. The van der Waals surface area contributed by atoms with Gasteiger partial charge in [-0.25, -0.2) is 0 Å². The summed E-state index contributed by atoms with van der Waals surface area (Å²) >= 11 is 0. The fraction of sp³-hybridized carbons (Fsp3) is 0.500. The molecular weight excluding hydrogens is 144 g/mol. The van der Waals surface area contributed by atoms with Crippen molar-refractivity contribution < 1.29 is 0 Å². The van der Waals surface area contributed by atoms with Gasteiger partial charge in [0.15, 0.2) is 0 Å². The Morgan fingerprint density at radius 1 is 1.08 bits per heavy atom. The second-order valence-electron chi connectivity index (χ2n) is 4.19. The Hall–Kier alpha value is -0.780. The molecule has 0 aromatic carbocycles. The van der Waals surface area contributed by atoms with Crippen molar-refractivity contribution in [3.8, 4) is 0 Å². The lowest BCUT2D eigenvalue weighted by molar-refractivity contribution is 0.496. The van der Waals surface area contributed by atoms with E-state index in [2.05, 4.69) is 32.6 Å². The summed E-state index contributed by atoms with van der Waals surface area (Å²) in [5.74, 6) is 1.56. The third-order valence-corrected chi connectivity index (χ3v) is 3.28. The first-order valence-corrected chi connectivity index (χ1v) is 4.70. The van der Waals surface area contributed by atoms with Crippen LogP contribution < -0.4 is 0 Å². The zero-order chi connectivity index (χ0) is 8.72. The normalized spacial score (nSPS) is 34.3. The van der Waals surface area contributed by atoms with Crippen molar-refractivity contribution in [2.24, 2.45) is 11.8 Å². The van der Waals surface area contributed by atoms with E-state index in [1.54, 1.807) is 11.1 Å². The minimum absolute atomic E-state index is 0.780. The van der Waals surface area contributed by atoms with Crippen molar-refractivity contribution in [2.45, 2.75) is 26.7 Å². The molecule has 0 spiro atoms. The van der Waals surface area contributed by atoms with Gasteiger partial charge in [-0.2, -0.15) is 0 Å². The van der Waals surface area contributed by atoms with Gasteiger partial charge in [-0.05, 0) is 38.5 Å². The van der Waals surface area contributed by atoms with Crippen LogP contribution in [0.1, 0.15) is 26.7 Å². The Balaban J connectivity index is 2.33. The van der Waals surface area contributed by atoms with Crippen molar-refractivity contribution in [1.82, 2.24) is 0 Å². The molecule has 1 saturated carbocycles. The summed E-state index contributed by atoms with van der Waals surface area (Å²) in [7, 11) is 0. The monoisotopic (exact) mass is 160 g/mol. The standard InChI is InChI=1S/C12H16/c1-8-6-11-9(2)4-5-10(3)12(11)7-8/h4-5,11-12H,1,6-7H2,2-3H3. The molecule has 0 heteroatoms. The second-order valence-corrected chi connectivity index (χ2v) is 4.19. The second kappa shape index (κ2) is 2.62. The third kappa shape index (κ3) is 1.06. The quantitative estimate of drug-likeness (QED) is 0.476. The van der Waals surface area contributed by atoms with Crippen molar-refractivity contribution in [3.63, 3.8) is 0 Å². The van der Waals surface area contributed by atoms with Crippen LogP contribution in [0.25, 0.3) is 0 Å². The van der Waals surface area contributed by atoms with Gasteiger partial charge < -0.3 is 0 Å². The van der Waals surface area contributed by atoms with E-state index < -0.39 is 0 Å². The summed E-state index contributed by atoms with van der Waals surface area (Å²) in [5.41, 5.74) is 4.53. The molecule has 0 bridgehead atoms. The van der Waals surface area contributed by atoms with Gasteiger partial charge in [-0.15, -0.1) is 0 Å². The highest BCUT2D eigenvalue weighted by atomic mass is 14.4. The van der Waals surface area contributed by atoms with Crippen molar-refractivity contribution in [2.75, 3.05) is 0 Å². The molecule has 2 unspecified atom stereocenters. The number of hydrogen-bond acceptors (Lipinski definition) is 0. The van der Waals surface area contributed by atoms with E-state index in [4.69, 9.17) is 0 Å². The van der Waals surface area contributed by atoms with Crippen LogP contribution in [0.2, 0.25) is 0 Å². The van der Waals surface area contributed by atoms with Gasteiger partial charge in [0, 0.05) is 0 Å². The molecule has 12 heavy (non-hydrogen) atoms. The molecular formula is C12H16. The summed E-state index contributed by atoms with van der Waals surface area (Å²) in [5, 5.41) is 0. The first-order valence-electron chi connectivity index (χ1n) is 4.70. The first-order chi connectivity index (χ1) is 5.68. The van der Waals surface area contributed by atoms with Crippen LogP contribution in [0.5, 0.6) is 0 Å². The van der Waals surface area contributed by atoms with E-state index in [-0.39, 0.29) is 0 Å². The number of allylic oxidation sites excluding steroid dienone is 5. The van der Waals surface area contributed by atoms with E-state index in [0.717, 1.165) is 11.8 Å². The minimum atomic E-state index is 0.780. The van der Waals surface area contributed by atoms with E-state index in [0.29, 0.717) is 0 Å². The molecule has 0 aromatic rings. The molecule has 2 rings (SSSR count). The average Bonchev–Trinajstić information content (AvgIpc) is 2.41. The number of rotatable bonds is 0. The molecule has 2 aliphatic rings. The Bertz CT molecular complexity index is 250. The van der Waals surface area contributed by atoms with Crippen LogP contribution >= 0.6 is 0 Å². The highest BCUT2D eigenvalue weighted by Gasteiger charge is 2.32. The van der Waals surface area contributed by atoms with Crippen LogP contribution in [-0.4, -0.2) is 0 Å². The molecule has 0 radical (unpaired) electrons. The van der Waals surface area contributed by atoms with Crippen LogP contribution in [0.4, 0.5) is 0 Å². The summed E-state index contributed by atoms with van der Waals surface area (Å²) in [4.78, 5) is 0. The number of hydrogen-bond donors (Lipinski definition) is 0. The first kappa shape index (κ1) is 7.85. The molecule has 0 amide bonds. The Morgan fingerprint density at radius 2 is 1.50 bits per heavy atom. The zero-order valence-electron chi connectivity index (χ0n) is 7.93.